The average Bonchev–Trinajstić information content (AvgIpc) is 2.61. The lowest BCUT2D eigenvalue weighted by atomic mass is 10.1. The number of hydrogen-bond donors (Lipinski definition) is 2. The van der Waals surface area contributed by atoms with Crippen LogP contribution in [0, 0.1) is 0 Å². The first kappa shape index (κ1) is 18.7. The molecule has 0 aliphatic carbocycles. The number of hydrogen-bond acceptors (Lipinski definition) is 5. The Morgan fingerprint density at radius 1 is 1.04 bits per heavy atom. The number of ketones is 1. The van der Waals surface area contributed by atoms with Crippen LogP contribution < -0.4 is 5.32 Å². The molecule has 2 aromatic carbocycles. The molecule has 0 spiro atoms. The number of carbonyl (C=O) groups excluding carboxylic acids is 2. The minimum atomic E-state index is -3.76. The zero-order valence-corrected chi connectivity index (χ0v) is 14.5. The summed E-state index contributed by atoms with van der Waals surface area (Å²) in [4.78, 5) is 23.8. The molecule has 0 radical (unpaired) electrons. The van der Waals surface area contributed by atoms with Gasteiger partial charge >= 0.3 is 0 Å². The highest BCUT2D eigenvalue weighted by Crippen LogP contribution is 2.18. The van der Waals surface area contributed by atoms with E-state index in [-0.39, 0.29) is 40.6 Å². The molecular formula is C18H19NO5S. The fourth-order valence-electron chi connectivity index (χ4n) is 2.35. The number of phenolic OH excluding ortho intramolecular Hbond substituents is 1. The number of Topliss-reactive ketones (excluding diaryl/α,β-unsaturated/α-hetero) is 1. The number of phenols is 1. The zero-order chi connectivity index (χ0) is 18.4. The molecular weight excluding hydrogens is 342 g/mol. The number of carbonyl (C=O) groups is 2. The quantitative estimate of drug-likeness (QED) is 0.782. The number of rotatable bonds is 7. The van der Waals surface area contributed by atoms with Crippen LogP contribution in [0.1, 0.15) is 22.3 Å². The molecule has 0 aliphatic heterocycles. The van der Waals surface area contributed by atoms with Crippen LogP contribution in [0.3, 0.4) is 0 Å². The van der Waals surface area contributed by atoms with E-state index in [1.807, 2.05) is 0 Å². The minimum absolute atomic E-state index is 0.0657. The number of sulfone groups is 1. The highest BCUT2D eigenvalue weighted by molar-refractivity contribution is 7.91. The van der Waals surface area contributed by atoms with Crippen molar-refractivity contribution < 1.29 is 23.1 Å². The molecule has 0 saturated heterocycles. The molecule has 0 aromatic heterocycles. The van der Waals surface area contributed by atoms with Gasteiger partial charge in [0.2, 0.25) is 0 Å². The first-order chi connectivity index (χ1) is 11.8. The smallest absolute Gasteiger partial charge is 0.252 e. The van der Waals surface area contributed by atoms with Gasteiger partial charge in [0, 0.05) is 19.9 Å². The second-order valence-corrected chi connectivity index (χ2v) is 7.60. The fraction of sp³-hybridized carbons (Fsp3) is 0.222. The van der Waals surface area contributed by atoms with E-state index < -0.39 is 15.7 Å². The van der Waals surface area contributed by atoms with E-state index in [0.29, 0.717) is 5.56 Å². The van der Waals surface area contributed by atoms with Crippen molar-refractivity contribution in [2.45, 2.75) is 17.7 Å². The fourth-order valence-corrected chi connectivity index (χ4v) is 3.85. The lowest BCUT2D eigenvalue weighted by Gasteiger charge is -2.09. The Morgan fingerprint density at radius 3 is 2.32 bits per heavy atom. The van der Waals surface area contributed by atoms with Crippen molar-refractivity contribution in [1.29, 1.82) is 0 Å². The topological polar surface area (TPSA) is 101 Å². The molecule has 0 unspecified atom stereocenters. The molecule has 7 heteroatoms. The maximum Gasteiger partial charge on any atom is 0.252 e. The van der Waals surface area contributed by atoms with Gasteiger partial charge in [-0.25, -0.2) is 8.42 Å². The average molecular weight is 361 g/mol. The van der Waals surface area contributed by atoms with Gasteiger partial charge in [0.15, 0.2) is 9.84 Å². The van der Waals surface area contributed by atoms with Gasteiger partial charge in [-0.05, 0) is 29.8 Å². The van der Waals surface area contributed by atoms with Crippen LogP contribution in [-0.2, 0) is 21.1 Å². The highest BCUT2D eigenvalue weighted by Gasteiger charge is 2.22. The highest BCUT2D eigenvalue weighted by atomic mass is 32.2. The Labute approximate surface area is 146 Å². The van der Waals surface area contributed by atoms with Gasteiger partial charge in [-0.3, -0.25) is 9.59 Å². The third-order valence-corrected chi connectivity index (χ3v) is 5.45. The molecule has 0 aliphatic rings. The van der Waals surface area contributed by atoms with Gasteiger partial charge in [-0.2, -0.15) is 0 Å². The van der Waals surface area contributed by atoms with Gasteiger partial charge in [0.25, 0.3) is 5.91 Å². The number of amides is 1. The molecule has 2 rings (SSSR count). The second-order valence-electron chi connectivity index (χ2n) is 5.53. The molecule has 0 saturated carbocycles. The van der Waals surface area contributed by atoms with Gasteiger partial charge in [-0.1, -0.05) is 24.3 Å². The number of aromatic hydroxyl groups is 1. The van der Waals surface area contributed by atoms with Crippen molar-refractivity contribution in [3.8, 4) is 5.75 Å². The molecule has 132 valence electrons. The maximum atomic E-state index is 12.5. The SMILES string of the molecule is CNC(=O)c1ccccc1S(=O)(=O)CCC(=O)Cc1ccc(O)cc1. The van der Waals surface area contributed by atoms with Gasteiger partial charge in [-0.15, -0.1) is 0 Å². The van der Waals surface area contributed by atoms with Crippen molar-refractivity contribution in [1.82, 2.24) is 5.32 Å². The van der Waals surface area contributed by atoms with E-state index in [4.69, 9.17) is 0 Å². The molecule has 0 heterocycles. The van der Waals surface area contributed by atoms with Crippen molar-refractivity contribution in [3.63, 3.8) is 0 Å². The molecule has 0 atom stereocenters. The largest absolute Gasteiger partial charge is 0.508 e. The van der Waals surface area contributed by atoms with E-state index in [2.05, 4.69) is 5.32 Å². The lowest BCUT2D eigenvalue weighted by molar-refractivity contribution is -0.118. The van der Waals surface area contributed by atoms with Gasteiger partial charge in [0.1, 0.15) is 11.5 Å². The monoisotopic (exact) mass is 361 g/mol. The number of nitrogens with one attached hydrogen (secondary N) is 1. The Kier molecular flexibility index (Phi) is 5.93. The first-order valence-corrected chi connectivity index (χ1v) is 9.32. The molecule has 25 heavy (non-hydrogen) atoms. The van der Waals surface area contributed by atoms with E-state index in [1.54, 1.807) is 18.2 Å². The maximum absolute atomic E-state index is 12.5. The first-order valence-electron chi connectivity index (χ1n) is 7.67. The standard InChI is InChI=1S/C18H19NO5S/c1-19-18(22)16-4-2-3-5-17(16)25(23,24)11-10-15(21)12-13-6-8-14(20)9-7-13/h2-9,20H,10-12H2,1H3,(H,19,22). The summed E-state index contributed by atoms with van der Waals surface area (Å²) in [7, 11) is -2.34. The summed E-state index contributed by atoms with van der Waals surface area (Å²) in [5, 5.41) is 11.6. The van der Waals surface area contributed by atoms with E-state index in [9.17, 15) is 23.1 Å². The van der Waals surface area contributed by atoms with Crippen molar-refractivity contribution in [2.24, 2.45) is 0 Å². The molecule has 2 aromatic rings. The van der Waals surface area contributed by atoms with E-state index in [0.717, 1.165) is 0 Å². The Hall–Kier alpha value is -2.67. The zero-order valence-electron chi connectivity index (χ0n) is 13.7. The molecule has 0 bridgehead atoms. The minimum Gasteiger partial charge on any atom is -0.508 e. The van der Waals surface area contributed by atoms with Gasteiger partial charge < -0.3 is 10.4 Å². The molecule has 2 N–H and O–H groups in total. The predicted molar refractivity (Wildman–Crippen MR) is 93.3 cm³/mol. The molecule has 6 nitrogen and oxygen atoms in total. The van der Waals surface area contributed by atoms with Gasteiger partial charge in [0.05, 0.1) is 16.2 Å². The normalized spacial score (nSPS) is 11.1. The van der Waals surface area contributed by atoms with E-state index in [1.165, 1.54) is 37.4 Å². The lowest BCUT2D eigenvalue weighted by Crippen LogP contribution is -2.22. The predicted octanol–water partition coefficient (Wildman–Crippen LogP) is 1.73. The van der Waals surface area contributed by atoms with Crippen LogP contribution in [0.15, 0.2) is 53.4 Å². The summed E-state index contributed by atoms with van der Waals surface area (Å²) in [5.41, 5.74) is 0.766. The van der Waals surface area contributed by atoms with Crippen LogP contribution in [0.5, 0.6) is 5.75 Å². The summed E-state index contributed by atoms with van der Waals surface area (Å²) in [5.74, 6) is -0.983. The summed E-state index contributed by atoms with van der Waals surface area (Å²) >= 11 is 0. The Bertz CT molecular complexity index is 873. The summed E-state index contributed by atoms with van der Waals surface area (Å²) in [6.07, 6.45) is -0.0574. The van der Waals surface area contributed by atoms with Crippen LogP contribution in [-0.4, -0.2) is 38.0 Å². The Balaban J connectivity index is 2.08. The van der Waals surface area contributed by atoms with Crippen LogP contribution in [0.25, 0.3) is 0 Å². The van der Waals surface area contributed by atoms with E-state index >= 15 is 0 Å². The van der Waals surface area contributed by atoms with Crippen LogP contribution in [0.2, 0.25) is 0 Å². The summed E-state index contributed by atoms with van der Waals surface area (Å²) in [6, 6.07) is 12.1. The summed E-state index contributed by atoms with van der Waals surface area (Å²) < 4.78 is 25.0. The number of benzene rings is 2. The van der Waals surface area contributed by atoms with Crippen LogP contribution in [0.4, 0.5) is 0 Å². The van der Waals surface area contributed by atoms with Crippen molar-refractivity contribution in [2.75, 3.05) is 12.8 Å². The van der Waals surface area contributed by atoms with Crippen molar-refractivity contribution in [3.05, 3.63) is 59.7 Å². The molecule has 0 fully saturated rings. The second kappa shape index (κ2) is 7.94. The third kappa shape index (κ3) is 4.90. The Morgan fingerprint density at radius 2 is 1.68 bits per heavy atom. The van der Waals surface area contributed by atoms with Crippen LogP contribution >= 0.6 is 0 Å². The molecule has 1 amide bonds. The third-order valence-electron chi connectivity index (χ3n) is 3.68. The van der Waals surface area contributed by atoms with Crippen molar-refractivity contribution >= 4 is 21.5 Å². The summed E-state index contributed by atoms with van der Waals surface area (Å²) in [6.45, 7) is 0.